The van der Waals surface area contributed by atoms with Gasteiger partial charge in [-0.1, -0.05) is 0 Å². The molecule has 0 aromatic heterocycles. The third-order valence-electron chi connectivity index (χ3n) is 2.66. The quantitative estimate of drug-likeness (QED) is 0.525. The molecule has 0 radical (unpaired) electrons. The maximum atomic E-state index is 9.60. The number of hydrogen-bond acceptors (Lipinski definition) is 3. The van der Waals surface area contributed by atoms with Gasteiger partial charge in [-0.15, -0.1) is 0 Å². The summed E-state index contributed by atoms with van der Waals surface area (Å²) < 4.78 is 0. The van der Waals surface area contributed by atoms with Crippen molar-refractivity contribution in [2.75, 3.05) is 13.2 Å². The molecule has 0 spiro atoms. The first kappa shape index (κ1) is 8.97. The topological polar surface area (TPSA) is 66.5 Å². The van der Waals surface area contributed by atoms with E-state index in [2.05, 4.69) is 0 Å². The van der Waals surface area contributed by atoms with Crippen molar-refractivity contribution >= 4 is 0 Å². The molecule has 0 bridgehead atoms. The lowest BCUT2D eigenvalue weighted by Gasteiger charge is -2.33. The van der Waals surface area contributed by atoms with E-state index in [-0.39, 0.29) is 6.61 Å². The number of hydrogen-bond donors (Lipinski definition) is 3. The maximum absolute atomic E-state index is 9.60. The first-order chi connectivity index (χ1) is 5.20. The molecule has 66 valence electrons. The largest absolute Gasteiger partial charge is 0.393 e. The predicted molar refractivity (Wildman–Crippen MR) is 43.0 cm³/mol. The first-order valence-electron chi connectivity index (χ1n) is 4.23. The second-order valence-corrected chi connectivity index (χ2v) is 3.56. The fourth-order valence-corrected chi connectivity index (χ4v) is 1.61. The molecule has 0 aromatic rings. The van der Waals surface area contributed by atoms with E-state index in [0.29, 0.717) is 25.3 Å². The van der Waals surface area contributed by atoms with Crippen LogP contribution in [0.4, 0.5) is 0 Å². The first-order valence-corrected chi connectivity index (χ1v) is 4.23. The van der Waals surface area contributed by atoms with E-state index >= 15 is 0 Å². The average molecular weight is 159 g/mol. The fourth-order valence-electron chi connectivity index (χ4n) is 1.61. The van der Waals surface area contributed by atoms with E-state index in [9.17, 15) is 5.11 Å². The van der Waals surface area contributed by atoms with Gasteiger partial charge in [0.25, 0.3) is 0 Å². The van der Waals surface area contributed by atoms with Gasteiger partial charge in [0.15, 0.2) is 0 Å². The molecule has 3 nitrogen and oxygen atoms in total. The van der Waals surface area contributed by atoms with Crippen LogP contribution in [0.15, 0.2) is 0 Å². The Morgan fingerprint density at radius 2 is 1.91 bits per heavy atom. The molecule has 3 heteroatoms. The van der Waals surface area contributed by atoms with Gasteiger partial charge < -0.3 is 15.9 Å². The van der Waals surface area contributed by atoms with Crippen LogP contribution in [0.2, 0.25) is 0 Å². The lowest BCUT2D eigenvalue weighted by Crippen LogP contribution is -2.38. The van der Waals surface area contributed by atoms with Gasteiger partial charge in [0.2, 0.25) is 0 Å². The van der Waals surface area contributed by atoms with E-state index in [4.69, 9.17) is 10.8 Å². The Balaban J connectivity index is 2.35. The summed E-state index contributed by atoms with van der Waals surface area (Å²) in [7, 11) is 0. The summed E-state index contributed by atoms with van der Waals surface area (Å²) in [6.07, 6.45) is 3.30. The molecule has 0 heterocycles. The monoisotopic (exact) mass is 159 g/mol. The van der Waals surface area contributed by atoms with Crippen LogP contribution in [-0.4, -0.2) is 29.0 Å². The van der Waals surface area contributed by atoms with Crippen molar-refractivity contribution in [3.63, 3.8) is 0 Å². The van der Waals surface area contributed by atoms with Gasteiger partial charge >= 0.3 is 0 Å². The Hall–Kier alpha value is -0.120. The summed E-state index contributed by atoms with van der Waals surface area (Å²) >= 11 is 0. The minimum absolute atomic E-state index is 0.107. The molecule has 0 amide bonds. The summed E-state index contributed by atoms with van der Waals surface area (Å²) in [4.78, 5) is 0. The predicted octanol–water partition coefficient (Wildman–Crippen LogP) is -0.141. The standard InChI is InChI=1S/C8H17NO2/c9-5-7-1-3-8(11,6-10)4-2-7/h7,10-11H,1-6,9H2/t7-,8-. The third kappa shape index (κ3) is 2.15. The molecule has 0 aliphatic heterocycles. The van der Waals surface area contributed by atoms with E-state index < -0.39 is 5.60 Å². The molecule has 1 aliphatic rings. The SMILES string of the molecule is NC[C@H]1CC[C@@](O)(CO)CC1. The van der Waals surface area contributed by atoms with Gasteiger partial charge in [0.1, 0.15) is 0 Å². The van der Waals surface area contributed by atoms with Gasteiger partial charge in [-0.2, -0.15) is 0 Å². The highest BCUT2D eigenvalue weighted by Crippen LogP contribution is 2.30. The average Bonchev–Trinajstić information content (AvgIpc) is 2.06. The Kier molecular flexibility index (Phi) is 2.87. The summed E-state index contributed by atoms with van der Waals surface area (Å²) in [5.74, 6) is 0.557. The molecule has 1 rings (SSSR count). The van der Waals surface area contributed by atoms with Gasteiger partial charge in [0.05, 0.1) is 12.2 Å². The van der Waals surface area contributed by atoms with Gasteiger partial charge in [-0.05, 0) is 38.1 Å². The van der Waals surface area contributed by atoms with E-state index in [1.807, 2.05) is 0 Å². The maximum Gasteiger partial charge on any atom is 0.0877 e. The molecule has 0 atom stereocenters. The van der Waals surface area contributed by atoms with Gasteiger partial charge in [0, 0.05) is 0 Å². The Labute approximate surface area is 67.2 Å². The molecular weight excluding hydrogens is 142 g/mol. The number of nitrogens with two attached hydrogens (primary N) is 1. The van der Waals surface area contributed by atoms with Crippen molar-refractivity contribution in [2.24, 2.45) is 11.7 Å². The van der Waals surface area contributed by atoms with Crippen LogP contribution in [0.5, 0.6) is 0 Å². The van der Waals surface area contributed by atoms with Crippen molar-refractivity contribution in [1.82, 2.24) is 0 Å². The number of rotatable bonds is 2. The zero-order valence-corrected chi connectivity index (χ0v) is 6.79. The lowest BCUT2D eigenvalue weighted by molar-refractivity contribution is -0.0508. The summed E-state index contributed by atoms with van der Waals surface area (Å²) in [6.45, 7) is 0.603. The van der Waals surface area contributed by atoms with Crippen molar-refractivity contribution in [3.05, 3.63) is 0 Å². The number of aliphatic hydroxyl groups excluding tert-OH is 1. The van der Waals surface area contributed by atoms with Crippen LogP contribution >= 0.6 is 0 Å². The smallest absolute Gasteiger partial charge is 0.0877 e. The summed E-state index contributed by atoms with van der Waals surface area (Å²) in [6, 6.07) is 0. The third-order valence-corrected chi connectivity index (χ3v) is 2.66. The van der Waals surface area contributed by atoms with Crippen LogP contribution in [-0.2, 0) is 0 Å². The van der Waals surface area contributed by atoms with Crippen LogP contribution in [0, 0.1) is 5.92 Å². The van der Waals surface area contributed by atoms with Crippen LogP contribution in [0.25, 0.3) is 0 Å². The molecule has 1 saturated carbocycles. The van der Waals surface area contributed by atoms with E-state index in [0.717, 1.165) is 12.8 Å². The Morgan fingerprint density at radius 3 is 2.27 bits per heavy atom. The molecular formula is C8H17NO2. The normalized spacial score (nSPS) is 39.0. The molecule has 0 unspecified atom stereocenters. The van der Waals surface area contributed by atoms with Crippen LogP contribution in [0.3, 0.4) is 0 Å². The zero-order chi connectivity index (χ0) is 8.32. The van der Waals surface area contributed by atoms with Crippen molar-refractivity contribution in [3.8, 4) is 0 Å². The molecule has 0 aromatic carbocycles. The van der Waals surface area contributed by atoms with Gasteiger partial charge in [-0.25, -0.2) is 0 Å². The molecule has 4 N–H and O–H groups in total. The fraction of sp³-hybridized carbons (Fsp3) is 1.00. The second kappa shape index (κ2) is 3.52. The highest BCUT2D eigenvalue weighted by atomic mass is 16.3. The Bertz CT molecular complexity index is 119. The van der Waals surface area contributed by atoms with Crippen LogP contribution in [0.1, 0.15) is 25.7 Å². The highest BCUT2D eigenvalue weighted by molar-refractivity contribution is 4.84. The molecule has 11 heavy (non-hydrogen) atoms. The molecule has 1 aliphatic carbocycles. The minimum Gasteiger partial charge on any atom is -0.393 e. The van der Waals surface area contributed by atoms with Crippen LogP contribution < -0.4 is 5.73 Å². The minimum atomic E-state index is -0.800. The highest BCUT2D eigenvalue weighted by Gasteiger charge is 2.31. The second-order valence-electron chi connectivity index (χ2n) is 3.56. The van der Waals surface area contributed by atoms with Crippen molar-refractivity contribution in [2.45, 2.75) is 31.3 Å². The van der Waals surface area contributed by atoms with E-state index in [1.54, 1.807) is 0 Å². The van der Waals surface area contributed by atoms with E-state index in [1.165, 1.54) is 0 Å². The summed E-state index contributed by atoms with van der Waals surface area (Å²) in [5.41, 5.74) is 4.69. The summed E-state index contributed by atoms with van der Waals surface area (Å²) in [5, 5.41) is 18.4. The van der Waals surface area contributed by atoms with Crippen molar-refractivity contribution in [1.29, 1.82) is 0 Å². The lowest BCUT2D eigenvalue weighted by atomic mass is 9.79. The Morgan fingerprint density at radius 1 is 1.36 bits per heavy atom. The molecule has 1 fully saturated rings. The van der Waals surface area contributed by atoms with Crippen molar-refractivity contribution < 1.29 is 10.2 Å². The zero-order valence-electron chi connectivity index (χ0n) is 6.79. The van der Waals surface area contributed by atoms with Gasteiger partial charge in [-0.3, -0.25) is 0 Å². The number of aliphatic hydroxyl groups is 2. The molecule has 0 saturated heterocycles.